The first-order valence-electron chi connectivity index (χ1n) is 5.51. The maximum Gasteiger partial charge on any atom is 0.303 e. The topological polar surface area (TPSA) is 66.4 Å². The van der Waals surface area contributed by atoms with Gasteiger partial charge in [0, 0.05) is 23.5 Å². The van der Waals surface area contributed by atoms with Crippen molar-refractivity contribution in [2.45, 2.75) is 12.8 Å². The molecule has 0 bridgehead atoms. The Balaban J connectivity index is 2.31. The van der Waals surface area contributed by atoms with Crippen LogP contribution >= 0.6 is 15.9 Å². The van der Waals surface area contributed by atoms with Gasteiger partial charge in [0.25, 0.3) is 0 Å². The van der Waals surface area contributed by atoms with E-state index in [4.69, 9.17) is 5.11 Å². The fraction of sp³-hybridized carbons (Fsp3) is 0.231. The fourth-order valence-corrected chi connectivity index (χ4v) is 1.52. The van der Waals surface area contributed by atoms with Gasteiger partial charge in [-0.1, -0.05) is 28.1 Å². The SMILES string of the molecule is O=C(O)CCCNC(=O)/C=C/c1ccc(Br)cc1. The molecule has 1 aromatic carbocycles. The quantitative estimate of drug-likeness (QED) is 0.626. The number of hydrogen-bond donors (Lipinski definition) is 2. The second kappa shape index (κ2) is 7.66. The number of rotatable bonds is 6. The number of carbonyl (C=O) groups is 2. The highest BCUT2D eigenvalue weighted by molar-refractivity contribution is 9.10. The molecule has 4 nitrogen and oxygen atoms in total. The highest BCUT2D eigenvalue weighted by Crippen LogP contribution is 2.11. The lowest BCUT2D eigenvalue weighted by Gasteiger charge is -1.99. The first-order chi connectivity index (χ1) is 8.58. The Morgan fingerprint density at radius 3 is 2.56 bits per heavy atom. The van der Waals surface area contributed by atoms with E-state index in [1.54, 1.807) is 6.08 Å². The summed E-state index contributed by atoms with van der Waals surface area (Å²) in [4.78, 5) is 21.6. The molecule has 0 fully saturated rings. The minimum atomic E-state index is -0.852. The van der Waals surface area contributed by atoms with Crippen LogP contribution in [-0.2, 0) is 9.59 Å². The molecule has 0 atom stereocenters. The van der Waals surface area contributed by atoms with Crippen molar-refractivity contribution in [2.75, 3.05) is 6.54 Å². The predicted molar refractivity (Wildman–Crippen MR) is 73.1 cm³/mol. The number of nitrogens with one attached hydrogen (secondary N) is 1. The van der Waals surface area contributed by atoms with Gasteiger partial charge in [-0.05, 0) is 30.2 Å². The van der Waals surface area contributed by atoms with Crippen LogP contribution in [0.25, 0.3) is 6.08 Å². The zero-order chi connectivity index (χ0) is 13.4. The van der Waals surface area contributed by atoms with Crippen LogP contribution in [0.1, 0.15) is 18.4 Å². The molecule has 0 saturated heterocycles. The second-order valence-corrected chi connectivity index (χ2v) is 4.59. The van der Waals surface area contributed by atoms with Gasteiger partial charge in [-0.15, -0.1) is 0 Å². The summed E-state index contributed by atoms with van der Waals surface area (Å²) < 4.78 is 0.984. The minimum Gasteiger partial charge on any atom is -0.481 e. The van der Waals surface area contributed by atoms with Gasteiger partial charge in [0.2, 0.25) is 5.91 Å². The van der Waals surface area contributed by atoms with Crippen molar-refractivity contribution >= 4 is 33.9 Å². The van der Waals surface area contributed by atoms with Gasteiger partial charge < -0.3 is 10.4 Å². The summed E-state index contributed by atoms with van der Waals surface area (Å²) >= 11 is 3.33. The van der Waals surface area contributed by atoms with Crippen LogP contribution in [0.2, 0.25) is 0 Å². The zero-order valence-corrected chi connectivity index (χ0v) is 11.3. The Kier molecular flexibility index (Phi) is 6.14. The largest absolute Gasteiger partial charge is 0.481 e. The van der Waals surface area contributed by atoms with Gasteiger partial charge in [0.15, 0.2) is 0 Å². The Morgan fingerprint density at radius 2 is 1.94 bits per heavy atom. The number of carboxylic acids is 1. The van der Waals surface area contributed by atoms with E-state index in [1.165, 1.54) is 6.08 Å². The molecule has 1 amide bonds. The monoisotopic (exact) mass is 311 g/mol. The lowest BCUT2D eigenvalue weighted by molar-refractivity contribution is -0.137. The number of halogens is 1. The van der Waals surface area contributed by atoms with E-state index in [0.29, 0.717) is 13.0 Å². The molecule has 2 N–H and O–H groups in total. The van der Waals surface area contributed by atoms with Crippen molar-refractivity contribution < 1.29 is 14.7 Å². The van der Waals surface area contributed by atoms with E-state index >= 15 is 0 Å². The van der Waals surface area contributed by atoms with Gasteiger partial charge in [-0.3, -0.25) is 9.59 Å². The van der Waals surface area contributed by atoms with Gasteiger partial charge >= 0.3 is 5.97 Å². The van der Waals surface area contributed by atoms with E-state index < -0.39 is 5.97 Å². The highest BCUT2D eigenvalue weighted by atomic mass is 79.9. The third-order valence-electron chi connectivity index (χ3n) is 2.16. The molecule has 0 aliphatic carbocycles. The number of carboxylic acid groups (broad SMARTS) is 1. The molecule has 0 aliphatic rings. The van der Waals surface area contributed by atoms with Crippen molar-refractivity contribution in [3.8, 4) is 0 Å². The summed E-state index contributed by atoms with van der Waals surface area (Å²) in [7, 11) is 0. The summed E-state index contributed by atoms with van der Waals surface area (Å²) in [5.41, 5.74) is 0.930. The summed E-state index contributed by atoms with van der Waals surface area (Å²) in [5.74, 6) is -1.07. The van der Waals surface area contributed by atoms with E-state index in [9.17, 15) is 9.59 Å². The zero-order valence-electron chi connectivity index (χ0n) is 9.73. The third-order valence-corrected chi connectivity index (χ3v) is 2.69. The average Bonchev–Trinajstić information content (AvgIpc) is 2.34. The van der Waals surface area contributed by atoms with Gasteiger partial charge in [-0.25, -0.2) is 0 Å². The van der Waals surface area contributed by atoms with Crippen LogP contribution in [-0.4, -0.2) is 23.5 Å². The molecular formula is C13H14BrNO3. The average molecular weight is 312 g/mol. The van der Waals surface area contributed by atoms with Crippen LogP contribution in [0.15, 0.2) is 34.8 Å². The van der Waals surface area contributed by atoms with Gasteiger partial charge in [-0.2, -0.15) is 0 Å². The molecule has 0 unspecified atom stereocenters. The number of amides is 1. The molecule has 1 aromatic rings. The van der Waals surface area contributed by atoms with Crippen molar-refractivity contribution in [3.63, 3.8) is 0 Å². The van der Waals surface area contributed by atoms with E-state index in [2.05, 4.69) is 21.2 Å². The number of aliphatic carboxylic acids is 1. The maximum atomic E-state index is 11.4. The van der Waals surface area contributed by atoms with Crippen LogP contribution < -0.4 is 5.32 Å². The molecule has 1 rings (SSSR count). The maximum absolute atomic E-state index is 11.4. The standard InChI is InChI=1S/C13H14BrNO3/c14-11-6-3-10(4-7-11)5-8-12(16)15-9-1-2-13(17)18/h3-8H,1-2,9H2,(H,15,16)(H,17,18)/b8-5+. The number of hydrogen-bond acceptors (Lipinski definition) is 2. The summed E-state index contributed by atoms with van der Waals surface area (Å²) in [5, 5.41) is 11.0. The Hall–Kier alpha value is -1.62. The molecule has 18 heavy (non-hydrogen) atoms. The van der Waals surface area contributed by atoms with Crippen molar-refractivity contribution in [1.29, 1.82) is 0 Å². The number of carbonyl (C=O) groups excluding carboxylic acids is 1. The van der Waals surface area contributed by atoms with Crippen molar-refractivity contribution in [2.24, 2.45) is 0 Å². The van der Waals surface area contributed by atoms with Gasteiger partial charge in [0.05, 0.1) is 0 Å². The van der Waals surface area contributed by atoms with E-state index in [0.717, 1.165) is 10.0 Å². The number of benzene rings is 1. The normalized spacial score (nSPS) is 10.5. The molecule has 96 valence electrons. The molecular weight excluding hydrogens is 298 g/mol. The summed E-state index contributed by atoms with van der Waals surface area (Å²) in [6.07, 6.45) is 3.65. The van der Waals surface area contributed by atoms with E-state index in [-0.39, 0.29) is 12.3 Å². The van der Waals surface area contributed by atoms with Crippen LogP contribution in [0.3, 0.4) is 0 Å². The van der Waals surface area contributed by atoms with Crippen LogP contribution in [0.4, 0.5) is 0 Å². The first kappa shape index (κ1) is 14.4. The Labute approximate surface area is 114 Å². The summed E-state index contributed by atoms with van der Waals surface area (Å²) in [6, 6.07) is 7.56. The lowest BCUT2D eigenvalue weighted by Crippen LogP contribution is -2.22. The molecule has 0 aliphatic heterocycles. The van der Waals surface area contributed by atoms with Crippen molar-refractivity contribution in [3.05, 3.63) is 40.4 Å². The predicted octanol–water partition coefficient (Wildman–Crippen LogP) is 2.44. The molecule has 5 heteroatoms. The molecule has 0 aromatic heterocycles. The second-order valence-electron chi connectivity index (χ2n) is 3.67. The third kappa shape index (κ3) is 6.20. The van der Waals surface area contributed by atoms with Crippen LogP contribution in [0, 0.1) is 0 Å². The molecule has 0 saturated carbocycles. The minimum absolute atomic E-state index is 0.0662. The summed E-state index contributed by atoms with van der Waals surface area (Å²) in [6.45, 7) is 0.371. The smallest absolute Gasteiger partial charge is 0.303 e. The van der Waals surface area contributed by atoms with Crippen molar-refractivity contribution in [1.82, 2.24) is 5.32 Å². The highest BCUT2D eigenvalue weighted by Gasteiger charge is 1.98. The molecule has 0 heterocycles. The Morgan fingerprint density at radius 1 is 1.28 bits per heavy atom. The lowest BCUT2D eigenvalue weighted by atomic mass is 10.2. The van der Waals surface area contributed by atoms with E-state index in [1.807, 2.05) is 24.3 Å². The first-order valence-corrected chi connectivity index (χ1v) is 6.30. The van der Waals surface area contributed by atoms with Crippen LogP contribution in [0.5, 0.6) is 0 Å². The van der Waals surface area contributed by atoms with Gasteiger partial charge in [0.1, 0.15) is 0 Å². The Bertz CT molecular complexity index is 440. The molecule has 0 radical (unpaired) electrons. The fourth-order valence-electron chi connectivity index (χ4n) is 1.26. The molecule has 0 spiro atoms.